The molecule has 0 unspecified atom stereocenters. The third-order valence-electron chi connectivity index (χ3n) is 4.71. The molecule has 168 valence electrons. The molecule has 0 saturated carbocycles. The van der Waals surface area contributed by atoms with Gasteiger partial charge in [-0.15, -0.1) is 0 Å². The number of sulfonamides is 1. The topological polar surface area (TPSA) is 94.2 Å². The molecule has 31 heavy (non-hydrogen) atoms. The van der Waals surface area contributed by atoms with Gasteiger partial charge < -0.3 is 19.5 Å². The lowest BCUT2D eigenvalue weighted by Gasteiger charge is -2.23. The average molecular weight is 449 g/mol. The molecular weight excluding hydrogens is 420 g/mol. The molecule has 1 aliphatic heterocycles. The molecule has 3 rings (SSSR count). The number of ether oxygens (including phenoxy) is 3. The Morgan fingerprint density at radius 2 is 1.84 bits per heavy atom. The number of anilines is 1. The zero-order valence-corrected chi connectivity index (χ0v) is 19.0. The first-order valence-corrected chi connectivity index (χ1v) is 11.8. The largest absolute Gasteiger partial charge is 0.491 e. The zero-order chi connectivity index (χ0) is 22.6. The molecule has 0 bridgehead atoms. The lowest BCUT2D eigenvalue weighted by atomic mass is 9.86. The van der Waals surface area contributed by atoms with E-state index in [1.165, 1.54) is 0 Å². The van der Waals surface area contributed by atoms with Gasteiger partial charge in [-0.05, 0) is 29.2 Å². The van der Waals surface area contributed by atoms with Gasteiger partial charge in [0.25, 0.3) is 0 Å². The first kappa shape index (κ1) is 22.7. The molecule has 1 N–H and O–H groups in total. The van der Waals surface area contributed by atoms with Crippen LogP contribution < -0.4 is 23.8 Å². The highest BCUT2D eigenvalue weighted by Gasteiger charge is 2.24. The summed E-state index contributed by atoms with van der Waals surface area (Å²) in [5.41, 5.74) is 1.34. The SMILES string of the molecule is CC(C)(C)c1ccccc1OCCNC(=O)CN(c1ccc2c(c1)OCO2)S(C)(=O)=O. The predicted octanol–water partition coefficient (Wildman–Crippen LogP) is 2.67. The van der Waals surface area contributed by atoms with E-state index in [1.54, 1.807) is 18.2 Å². The fourth-order valence-corrected chi connectivity index (χ4v) is 4.04. The minimum absolute atomic E-state index is 0.0690. The highest BCUT2D eigenvalue weighted by Crippen LogP contribution is 2.36. The highest BCUT2D eigenvalue weighted by molar-refractivity contribution is 7.92. The number of hydrogen-bond donors (Lipinski definition) is 1. The summed E-state index contributed by atoms with van der Waals surface area (Å²) in [7, 11) is -3.68. The summed E-state index contributed by atoms with van der Waals surface area (Å²) in [6.45, 7) is 6.55. The van der Waals surface area contributed by atoms with E-state index in [1.807, 2.05) is 24.3 Å². The Bertz CT molecular complexity index is 1050. The Kier molecular flexibility index (Phi) is 6.64. The lowest BCUT2D eigenvalue weighted by Crippen LogP contribution is -2.41. The molecule has 0 saturated heterocycles. The van der Waals surface area contributed by atoms with Crippen LogP contribution in [0.3, 0.4) is 0 Å². The van der Waals surface area contributed by atoms with Gasteiger partial charge in [0, 0.05) is 6.07 Å². The maximum atomic E-state index is 12.4. The molecule has 0 aliphatic carbocycles. The first-order valence-electron chi connectivity index (χ1n) is 9.92. The van der Waals surface area contributed by atoms with Crippen LogP contribution in [-0.4, -0.2) is 47.1 Å². The van der Waals surface area contributed by atoms with Gasteiger partial charge in [-0.3, -0.25) is 9.10 Å². The Morgan fingerprint density at radius 1 is 1.13 bits per heavy atom. The van der Waals surface area contributed by atoms with E-state index in [2.05, 4.69) is 26.1 Å². The number of nitrogens with zero attached hydrogens (tertiary/aromatic N) is 1. The average Bonchev–Trinajstić information content (AvgIpc) is 3.16. The lowest BCUT2D eigenvalue weighted by molar-refractivity contribution is -0.119. The van der Waals surface area contributed by atoms with Crippen molar-refractivity contribution in [1.82, 2.24) is 5.32 Å². The van der Waals surface area contributed by atoms with Gasteiger partial charge >= 0.3 is 0 Å². The fraction of sp³-hybridized carbons (Fsp3) is 0.409. The van der Waals surface area contributed by atoms with Gasteiger partial charge in [-0.25, -0.2) is 8.42 Å². The molecule has 9 heteroatoms. The maximum Gasteiger partial charge on any atom is 0.240 e. The van der Waals surface area contributed by atoms with E-state index < -0.39 is 15.9 Å². The molecule has 0 radical (unpaired) electrons. The number of amides is 1. The summed E-state index contributed by atoms with van der Waals surface area (Å²) in [5.74, 6) is 1.31. The van der Waals surface area contributed by atoms with Crippen molar-refractivity contribution in [1.29, 1.82) is 0 Å². The van der Waals surface area contributed by atoms with Crippen LogP contribution in [0.4, 0.5) is 5.69 Å². The summed E-state index contributed by atoms with van der Waals surface area (Å²) in [6, 6.07) is 12.5. The fourth-order valence-electron chi connectivity index (χ4n) is 3.19. The maximum absolute atomic E-state index is 12.4. The van der Waals surface area contributed by atoms with Gasteiger partial charge in [-0.1, -0.05) is 39.0 Å². The Balaban J connectivity index is 1.58. The van der Waals surface area contributed by atoms with Crippen molar-refractivity contribution in [3.63, 3.8) is 0 Å². The van der Waals surface area contributed by atoms with Gasteiger partial charge in [0.15, 0.2) is 11.5 Å². The molecule has 0 atom stereocenters. The molecule has 1 aliphatic rings. The monoisotopic (exact) mass is 448 g/mol. The number of carbonyl (C=O) groups is 1. The minimum Gasteiger partial charge on any atom is -0.491 e. The first-order chi connectivity index (χ1) is 14.6. The zero-order valence-electron chi connectivity index (χ0n) is 18.2. The van der Waals surface area contributed by atoms with Crippen molar-refractivity contribution < 1.29 is 27.4 Å². The molecule has 1 amide bonds. The standard InChI is InChI=1S/C22H28N2O6S/c1-22(2,3)17-7-5-6-8-18(17)28-12-11-23-21(25)14-24(31(4,26)27)16-9-10-19-20(13-16)30-15-29-19/h5-10,13H,11-12,14-15H2,1-4H3,(H,23,25). The van der Waals surface area contributed by atoms with Crippen molar-refractivity contribution in [3.8, 4) is 17.2 Å². The van der Waals surface area contributed by atoms with Crippen LogP contribution >= 0.6 is 0 Å². The number of fused-ring (bicyclic) bond motifs is 1. The van der Waals surface area contributed by atoms with E-state index in [0.717, 1.165) is 21.9 Å². The van der Waals surface area contributed by atoms with Crippen molar-refractivity contribution in [2.24, 2.45) is 0 Å². The number of hydrogen-bond acceptors (Lipinski definition) is 6. The smallest absolute Gasteiger partial charge is 0.240 e. The number of benzene rings is 2. The minimum atomic E-state index is -3.68. The van der Waals surface area contributed by atoms with E-state index in [-0.39, 0.29) is 31.9 Å². The van der Waals surface area contributed by atoms with Crippen LogP contribution in [0.1, 0.15) is 26.3 Å². The predicted molar refractivity (Wildman–Crippen MR) is 118 cm³/mol. The quantitative estimate of drug-likeness (QED) is 0.624. The van der Waals surface area contributed by atoms with E-state index in [4.69, 9.17) is 14.2 Å². The van der Waals surface area contributed by atoms with Crippen molar-refractivity contribution in [3.05, 3.63) is 48.0 Å². The number of rotatable bonds is 8. The number of nitrogens with one attached hydrogen (secondary N) is 1. The second-order valence-electron chi connectivity index (χ2n) is 8.25. The molecule has 1 heterocycles. The van der Waals surface area contributed by atoms with Crippen LogP contribution in [0.25, 0.3) is 0 Å². The Hall–Kier alpha value is -2.94. The third-order valence-corrected chi connectivity index (χ3v) is 5.85. The summed E-state index contributed by atoms with van der Waals surface area (Å²) < 4.78 is 41.9. The van der Waals surface area contributed by atoms with E-state index in [0.29, 0.717) is 17.2 Å². The second-order valence-corrected chi connectivity index (χ2v) is 10.2. The molecular formula is C22H28N2O6S. The molecule has 2 aromatic rings. The Labute approximate surface area is 183 Å². The number of para-hydroxylation sites is 1. The molecule has 8 nitrogen and oxygen atoms in total. The van der Waals surface area contributed by atoms with Crippen LogP contribution in [0.2, 0.25) is 0 Å². The van der Waals surface area contributed by atoms with Crippen LogP contribution in [0, 0.1) is 0 Å². The van der Waals surface area contributed by atoms with Crippen molar-refractivity contribution in [2.75, 3.05) is 37.1 Å². The molecule has 0 fully saturated rings. The normalized spacial score (nSPS) is 13.0. The van der Waals surface area contributed by atoms with Crippen LogP contribution in [0.5, 0.6) is 17.2 Å². The summed E-state index contributed by atoms with van der Waals surface area (Å²) in [5, 5.41) is 2.71. The molecule has 2 aromatic carbocycles. The highest BCUT2D eigenvalue weighted by atomic mass is 32.2. The van der Waals surface area contributed by atoms with Gasteiger partial charge in [0.05, 0.1) is 18.5 Å². The van der Waals surface area contributed by atoms with Gasteiger partial charge in [0.1, 0.15) is 18.9 Å². The second kappa shape index (κ2) is 9.05. The van der Waals surface area contributed by atoms with Crippen molar-refractivity contribution in [2.45, 2.75) is 26.2 Å². The molecule has 0 spiro atoms. The molecule has 0 aromatic heterocycles. The summed E-state index contributed by atoms with van der Waals surface area (Å²) >= 11 is 0. The van der Waals surface area contributed by atoms with Crippen LogP contribution in [-0.2, 0) is 20.2 Å². The van der Waals surface area contributed by atoms with Gasteiger partial charge in [0.2, 0.25) is 22.7 Å². The number of carbonyl (C=O) groups excluding carboxylic acids is 1. The third kappa shape index (κ3) is 5.81. The van der Waals surface area contributed by atoms with E-state index in [9.17, 15) is 13.2 Å². The summed E-state index contributed by atoms with van der Waals surface area (Å²) in [4.78, 5) is 12.4. The van der Waals surface area contributed by atoms with Crippen LogP contribution in [0.15, 0.2) is 42.5 Å². The van der Waals surface area contributed by atoms with Crippen molar-refractivity contribution >= 4 is 21.6 Å². The van der Waals surface area contributed by atoms with Gasteiger partial charge in [-0.2, -0.15) is 0 Å². The summed E-state index contributed by atoms with van der Waals surface area (Å²) in [6.07, 6.45) is 1.05. The van der Waals surface area contributed by atoms with E-state index >= 15 is 0 Å². The Morgan fingerprint density at radius 3 is 2.55 bits per heavy atom.